The van der Waals surface area contributed by atoms with Crippen molar-refractivity contribution in [3.05, 3.63) is 0 Å². The van der Waals surface area contributed by atoms with E-state index in [1.165, 1.54) is 0 Å². The molecule has 0 aromatic heterocycles. The van der Waals surface area contributed by atoms with E-state index in [9.17, 15) is 0 Å². The third kappa shape index (κ3) is 9.09. The minimum Gasteiger partial charge on any atom is -0.198 e. The highest BCUT2D eigenvalue weighted by molar-refractivity contribution is 4.76. The SMILES string of the molecule is CC.CCC(C)C#N. The van der Waals surface area contributed by atoms with Gasteiger partial charge in [0.25, 0.3) is 0 Å². The highest BCUT2D eigenvalue weighted by atomic mass is 14.2. The fourth-order valence-corrected chi connectivity index (χ4v) is 0.0913. The fourth-order valence-electron chi connectivity index (χ4n) is 0.0913. The van der Waals surface area contributed by atoms with Crippen LogP contribution in [-0.2, 0) is 0 Å². The lowest BCUT2D eigenvalue weighted by atomic mass is 10.2. The molecule has 0 N–H and O–H groups in total. The standard InChI is InChI=1S/C5H9N.C2H6/c1-3-5(2)4-6;1-2/h5H,3H2,1-2H3;1-2H3. The minimum atomic E-state index is 0.241. The second-order valence-corrected chi connectivity index (χ2v) is 1.44. The van der Waals surface area contributed by atoms with Crippen LogP contribution in [0.2, 0.25) is 0 Å². The second kappa shape index (κ2) is 9.70. The van der Waals surface area contributed by atoms with Crippen molar-refractivity contribution in [3.8, 4) is 6.07 Å². The largest absolute Gasteiger partial charge is 0.198 e. The van der Waals surface area contributed by atoms with Gasteiger partial charge in [0.05, 0.1) is 6.07 Å². The first kappa shape index (κ1) is 10.5. The van der Waals surface area contributed by atoms with Gasteiger partial charge in [-0.05, 0) is 13.3 Å². The molecular formula is C7H15N. The average molecular weight is 113 g/mol. The molecule has 1 nitrogen and oxygen atoms in total. The van der Waals surface area contributed by atoms with Crippen LogP contribution in [0.15, 0.2) is 0 Å². The molecule has 0 saturated heterocycles. The van der Waals surface area contributed by atoms with E-state index in [-0.39, 0.29) is 5.92 Å². The van der Waals surface area contributed by atoms with Crippen molar-refractivity contribution >= 4 is 0 Å². The maximum atomic E-state index is 8.08. The molecule has 1 unspecified atom stereocenters. The van der Waals surface area contributed by atoms with Gasteiger partial charge in [-0.15, -0.1) is 0 Å². The molecule has 8 heavy (non-hydrogen) atoms. The predicted octanol–water partition coefficient (Wildman–Crippen LogP) is 2.58. The highest BCUT2D eigenvalue weighted by Gasteiger charge is 1.88. The minimum absolute atomic E-state index is 0.241. The fraction of sp³-hybridized carbons (Fsp3) is 0.857. The zero-order valence-corrected chi connectivity index (χ0v) is 6.23. The first-order chi connectivity index (χ1) is 3.81. The number of hydrogen-bond donors (Lipinski definition) is 0. The van der Waals surface area contributed by atoms with Crippen molar-refractivity contribution in [1.82, 2.24) is 0 Å². The number of nitrogens with zero attached hydrogens (tertiary/aromatic N) is 1. The van der Waals surface area contributed by atoms with Crippen molar-refractivity contribution in [3.63, 3.8) is 0 Å². The van der Waals surface area contributed by atoms with Crippen molar-refractivity contribution in [2.45, 2.75) is 34.1 Å². The molecule has 0 aromatic carbocycles. The van der Waals surface area contributed by atoms with Gasteiger partial charge in [-0.3, -0.25) is 0 Å². The molecule has 1 atom stereocenters. The lowest BCUT2D eigenvalue weighted by molar-refractivity contribution is 0.713. The van der Waals surface area contributed by atoms with Gasteiger partial charge in [0.15, 0.2) is 0 Å². The Balaban J connectivity index is 0. The topological polar surface area (TPSA) is 23.8 Å². The highest BCUT2D eigenvalue weighted by Crippen LogP contribution is 1.94. The first-order valence-electron chi connectivity index (χ1n) is 3.20. The lowest BCUT2D eigenvalue weighted by Gasteiger charge is -1.87. The van der Waals surface area contributed by atoms with Gasteiger partial charge in [-0.2, -0.15) is 5.26 Å². The Hall–Kier alpha value is -0.510. The van der Waals surface area contributed by atoms with Crippen LogP contribution in [-0.4, -0.2) is 0 Å². The van der Waals surface area contributed by atoms with E-state index in [1.54, 1.807) is 0 Å². The van der Waals surface area contributed by atoms with E-state index in [1.807, 2.05) is 27.7 Å². The summed E-state index contributed by atoms with van der Waals surface area (Å²) in [4.78, 5) is 0. The molecule has 0 fully saturated rings. The molecule has 0 saturated carbocycles. The van der Waals surface area contributed by atoms with Gasteiger partial charge in [0, 0.05) is 5.92 Å². The van der Waals surface area contributed by atoms with Crippen LogP contribution in [0.4, 0.5) is 0 Å². The molecule has 48 valence electrons. The van der Waals surface area contributed by atoms with E-state index >= 15 is 0 Å². The average Bonchev–Trinajstić information content (AvgIpc) is 1.91. The maximum Gasteiger partial charge on any atom is 0.0652 e. The van der Waals surface area contributed by atoms with Gasteiger partial charge in [-0.25, -0.2) is 0 Å². The Morgan fingerprint density at radius 1 is 1.50 bits per heavy atom. The van der Waals surface area contributed by atoms with Crippen molar-refractivity contribution in [1.29, 1.82) is 5.26 Å². The number of nitriles is 1. The van der Waals surface area contributed by atoms with Crippen molar-refractivity contribution < 1.29 is 0 Å². The van der Waals surface area contributed by atoms with Crippen LogP contribution >= 0.6 is 0 Å². The summed E-state index contributed by atoms with van der Waals surface area (Å²) in [7, 11) is 0. The molecule has 0 aliphatic carbocycles. The van der Waals surface area contributed by atoms with Gasteiger partial charge in [0.2, 0.25) is 0 Å². The number of rotatable bonds is 1. The Labute approximate surface area is 52.3 Å². The van der Waals surface area contributed by atoms with Crippen LogP contribution in [0.3, 0.4) is 0 Å². The molecule has 0 radical (unpaired) electrons. The van der Waals surface area contributed by atoms with E-state index < -0.39 is 0 Å². The summed E-state index contributed by atoms with van der Waals surface area (Å²) in [5.41, 5.74) is 0. The second-order valence-electron chi connectivity index (χ2n) is 1.44. The Morgan fingerprint density at radius 3 is 1.88 bits per heavy atom. The van der Waals surface area contributed by atoms with Gasteiger partial charge >= 0.3 is 0 Å². The van der Waals surface area contributed by atoms with Crippen LogP contribution in [0.25, 0.3) is 0 Å². The summed E-state index contributed by atoms with van der Waals surface area (Å²) in [6.45, 7) is 7.92. The third-order valence-corrected chi connectivity index (χ3v) is 0.833. The predicted molar refractivity (Wildman–Crippen MR) is 36.4 cm³/mol. The summed E-state index contributed by atoms with van der Waals surface area (Å²) in [6.07, 6.45) is 0.969. The monoisotopic (exact) mass is 113 g/mol. The lowest BCUT2D eigenvalue weighted by Crippen LogP contribution is -1.81. The summed E-state index contributed by atoms with van der Waals surface area (Å²) in [5.74, 6) is 0.241. The molecular weight excluding hydrogens is 98.1 g/mol. The summed E-state index contributed by atoms with van der Waals surface area (Å²) < 4.78 is 0. The molecule has 0 spiro atoms. The van der Waals surface area contributed by atoms with E-state index in [0.717, 1.165) is 6.42 Å². The van der Waals surface area contributed by atoms with Crippen LogP contribution in [0.5, 0.6) is 0 Å². The molecule has 0 aromatic rings. The molecule has 0 bridgehead atoms. The first-order valence-corrected chi connectivity index (χ1v) is 3.20. The molecule has 0 heterocycles. The van der Waals surface area contributed by atoms with Crippen molar-refractivity contribution in [2.24, 2.45) is 5.92 Å². The smallest absolute Gasteiger partial charge is 0.0652 e. The zero-order valence-electron chi connectivity index (χ0n) is 6.23. The summed E-state index contributed by atoms with van der Waals surface area (Å²) in [5, 5.41) is 8.08. The number of hydrogen-bond acceptors (Lipinski definition) is 1. The van der Waals surface area contributed by atoms with E-state index in [0.29, 0.717) is 0 Å². The molecule has 0 aliphatic rings. The van der Waals surface area contributed by atoms with E-state index in [4.69, 9.17) is 5.26 Å². The van der Waals surface area contributed by atoms with E-state index in [2.05, 4.69) is 6.07 Å². The van der Waals surface area contributed by atoms with Crippen LogP contribution < -0.4 is 0 Å². The van der Waals surface area contributed by atoms with Crippen molar-refractivity contribution in [2.75, 3.05) is 0 Å². The Bertz CT molecular complexity index is 61.3. The normalized spacial score (nSPS) is 10.4. The Kier molecular flexibility index (Phi) is 12.7. The van der Waals surface area contributed by atoms with Crippen LogP contribution in [0.1, 0.15) is 34.1 Å². The van der Waals surface area contributed by atoms with Crippen LogP contribution in [0, 0.1) is 17.2 Å². The molecule has 1 heteroatoms. The van der Waals surface area contributed by atoms with Gasteiger partial charge in [-0.1, -0.05) is 20.8 Å². The Morgan fingerprint density at radius 2 is 1.88 bits per heavy atom. The summed E-state index contributed by atoms with van der Waals surface area (Å²) in [6, 6.07) is 2.11. The third-order valence-electron chi connectivity index (χ3n) is 0.833. The van der Waals surface area contributed by atoms with Gasteiger partial charge < -0.3 is 0 Å². The quantitative estimate of drug-likeness (QED) is 0.512. The molecule has 0 rings (SSSR count). The zero-order chi connectivity index (χ0) is 6.99. The molecule has 0 amide bonds. The maximum absolute atomic E-state index is 8.08. The van der Waals surface area contributed by atoms with Gasteiger partial charge in [0.1, 0.15) is 0 Å². The molecule has 0 aliphatic heterocycles. The summed E-state index contributed by atoms with van der Waals surface area (Å²) >= 11 is 0.